The Balaban J connectivity index is 2.24. The third-order valence-corrected chi connectivity index (χ3v) is 3.00. The van der Waals surface area contributed by atoms with Gasteiger partial charge >= 0.3 is 0 Å². The number of benzene rings is 2. The van der Waals surface area contributed by atoms with E-state index in [4.69, 9.17) is 0 Å². The molecule has 0 atom stereocenters. The van der Waals surface area contributed by atoms with Gasteiger partial charge in [0.15, 0.2) is 0 Å². The Labute approximate surface area is 110 Å². The van der Waals surface area contributed by atoms with Gasteiger partial charge in [-0.05, 0) is 42.0 Å². The fourth-order valence-electron chi connectivity index (χ4n) is 2.08. The van der Waals surface area contributed by atoms with E-state index in [0.717, 1.165) is 6.42 Å². The van der Waals surface area contributed by atoms with Gasteiger partial charge in [0, 0.05) is 0 Å². The van der Waals surface area contributed by atoms with Crippen molar-refractivity contribution in [1.82, 2.24) is 0 Å². The van der Waals surface area contributed by atoms with Crippen LogP contribution in [0.3, 0.4) is 0 Å². The lowest BCUT2D eigenvalue weighted by atomic mass is 10.0. The number of allylic oxidation sites excluding steroid dienone is 1. The minimum absolute atomic E-state index is 1.03. The van der Waals surface area contributed by atoms with Crippen molar-refractivity contribution in [3.05, 3.63) is 77.7 Å². The molecule has 0 saturated heterocycles. The van der Waals surface area contributed by atoms with Crippen LogP contribution < -0.4 is 0 Å². The molecule has 2 aromatic carbocycles. The van der Waals surface area contributed by atoms with Crippen molar-refractivity contribution in [2.75, 3.05) is 0 Å². The summed E-state index contributed by atoms with van der Waals surface area (Å²) >= 11 is 0. The lowest BCUT2D eigenvalue weighted by Crippen LogP contribution is -1.85. The molecule has 0 aromatic heterocycles. The molecule has 0 saturated carbocycles. The molecule has 1 radical (unpaired) electrons. The number of hydrogen-bond donors (Lipinski definition) is 0. The maximum absolute atomic E-state index is 2.26. The fraction of sp³-hybridized carbons (Fsp3) is 0.167. The lowest BCUT2D eigenvalue weighted by Gasteiger charge is -2.04. The van der Waals surface area contributed by atoms with E-state index in [1.54, 1.807) is 0 Å². The molecular formula is C18H19. The Morgan fingerprint density at radius 1 is 1.00 bits per heavy atom. The summed E-state index contributed by atoms with van der Waals surface area (Å²) in [5, 5.41) is 0. The zero-order chi connectivity index (χ0) is 12.8. The molecule has 0 nitrogen and oxygen atoms in total. The van der Waals surface area contributed by atoms with E-state index in [9.17, 15) is 0 Å². The highest BCUT2D eigenvalue weighted by molar-refractivity contribution is 5.80. The predicted molar refractivity (Wildman–Crippen MR) is 80.1 cm³/mol. The Bertz CT molecular complexity index is 521. The van der Waals surface area contributed by atoms with E-state index in [-0.39, 0.29) is 0 Å². The summed E-state index contributed by atoms with van der Waals surface area (Å²) in [6.07, 6.45) is 5.47. The molecular weight excluding hydrogens is 216 g/mol. The van der Waals surface area contributed by atoms with E-state index >= 15 is 0 Å². The van der Waals surface area contributed by atoms with Crippen LogP contribution in [0.15, 0.2) is 54.6 Å². The standard InChI is InChI=1S/C18H19/c1-3-8-16-9-7-10-17(14-16)13-15(2)18-11-5-4-6-12-18/h3-7,9-14H,8H2,1-2H3/b15-13+. The highest BCUT2D eigenvalue weighted by Gasteiger charge is 1.96. The van der Waals surface area contributed by atoms with E-state index in [1.807, 2.05) is 0 Å². The first kappa shape index (κ1) is 12.6. The molecule has 0 aliphatic rings. The molecule has 0 fully saturated rings. The number of hydrogen-bond acceptors (Lipinski definition) is 0. The highest BCUT2D eigenvalue weighted by atomic mass is 14.0. The zero-order valence-corrected chi connectivity index (χ0v) is 11.1. The predicted octanol–water partition coefficient (Wildman–Crippen LogP) is 5.01. The van der Waals surface area contributed by atoms with Crippen molar-refractivity contribution in [1.29, 1.82) is 0 Å². The lowest BCUT2D eigenvalue weighted by molar-refractivity contribution is 1.14. The molecule has 0 amide bonds. The Hall–Kier alpha value is -1.82. The Morgan fingerprint density at radius 3 is 2.50 bits per heavy atom. The third kappa shape index (κ3) is 3.33. The van der Waals surface area contributed by atoms with Crippen molar-refractivity contribution < 1.29 is 0 Å². The molecule has 0 aliphatic carbocycles. The Morgan fingerprint density at radius 2 is 1.78 bits per heavy atom. The summed E-state index contributed by atoms with van der Waals surface area (Å²) in [4.78, 5) is 0. The van der Waals surface area contributed by atoms with Crippen LogP contribution in [-0.4, -0.2) is 0 Å². The second-order valence-electron chi connectivity index (χ2n) is 4.55. The monoisotopic (exact) mass is 235 g/mol. The minimum Gasteiger partial charge on any atom is -0.0622 e. The van der Waals surface area contributed by atoms with Crippen molar-refractivity contribution >= 4 is 11.6 Å². The largest absolute Gasteiger partial charge is 0.0622 e. The molecule has 0 unspecified atom stereocenters. The van der Waals surface area contributed by atoms with Gasteiger partial charge in [-0.1, -0.05) is 67.6 Å². The average Bonchev–Trinajstić information content (AvgIpc) is 2.40. The van der Waals surface area contributed by atoms with Crippen LogP contribution in [0.1, 0.15) is 30.5 Å². The second-order valence-corrected chi connectivity index (χ2v) is 4.55. The van der Waals surface area contributed by atoms with Crippen molar-refractivity contribution in [3.63, 3.8) is 0 Å². The van der Waals surface area contributed by atoms with Crippen molar-refractivity contribution in [3.8, 4) is 0 Å². The molecule has 18 heavy (non-hydrogen) atoms. The van der Waals surface area contributed by atoms with Crippen LogP contribution in [0.25, 0.3) is 11.6 Å². The SMILES string of the molecule is C[CH]Cc1cccc(/C=C(\C)c2ccccc2)c1. The van der Waals surface area contributed by atoms with Crippen LogP contribution in [0.5, 0.6) is 0 Å². The van der Waals surface area contributed by atoms with Gasteiger partial charge in [-0.3, -0.25) is 0 Å². The molecule has 0 aliphatic heterocycles. The summed E-state index contributed by atoms with van der Waals surface area (Å²) in [5.41, 5.74) is 5.22. The van der Waals surface area contributed by atoms with E-state index < -0.39 is 0 Å². The van der Waals surface area contributed by atoms with Gasteiger partial charge in [-0.2, -0.15) is 0 Å². The topological polar surface area (TPSA) is 0 Å². The van der Waals surface area contributed by atoms with Gasteiger partial charge in [-0.25, -0.2) is 0 Å². The summed E-state index contributed by atoms with van der Waals surface area (Å²) in [7, 11) is 0. The first-order valence-corrected chi connectivity index (χ1v) is 6.40. The smallest absolute Gasteiger partial charge is 0.0227 e. The summed E-state index contributed by atoms with van der Waals surface area (Å²) in [6.45, 7) is 4.26. The van der Waals surface area contributed by atoms with Crippen molar-refractivity contribution in [2.24, 2.45) is 0 Å². The van der Waals surface area contributed by atoms with Crippen LogP contribution in [0.2, 0.25) is 0 Å². The van der Waals surface area contributed by atoms with Gasteiger partial charge in [-0.15, -0.1) is 0 Å². The van der Waals surface area contributed by atoms with Gasteiger partial charge in [0.25, 0.3) is 0 Å². The zero-order valence-electron chi connectivity index (χ0n) is 11.1. The first-order chi connectivity index (χ1) is 8.79. The van der Waals surface area contributed by atoms with Crippen LogP contribution in [-0.2, 0) is 6.42 Å². The van der Waals surface area contributed by atoms with E-state index in [2.05, 4.69) is 80.9 Å². The summed E-state index contributed by atoms with van der Waals surface area (Å²) in [6, 6.07) is 19.2. The molecule has 2 aromatic rings. The van der Waals surface area contributed by atoms with Gasteiger partial charge in [0.05, 0.1) is 0 Å². The average molecular weight is 235 g/mol. The van der Waals surface area contributed by atoms with Gasteiger partial charge < -0.3 is 0 Å². The first-order valence-electron chi connectivity index (χ1n) is 6.40. The van der Waals surface area contributed by atoms with E-state index in [1.165, 1.54) is 22.3 Å². The maximum atomic E-state index is 2.26. The Kier molecular flexibility index (Phi) is 4.35. The third-order valence-electron chi connectivity index (χ3n) is 3.00. The number of rotatable bonds is 4. The van der Waals surface area contributed by atoms with E-state index in [0.29, 0.717) is 0 Å². The molecule has 0 heterocycles. The quantitative estimate of drug-likeness (QED) is 0.653. The summed E-state index contributed by atoms with van der Waals surface area (Å²) < 4.78 is 0. The molecule has 91 valence electrons. The second kappa shape index (κ2) is 6.20. The molecule has 0 bridgehead atoms. The van der Waals surface area contributed by atoms with Crippen LogP contribution in [0, 0.1) is 6.42 Å². The molecule has 0 N–H and O–H groups in total. The van der Waals surface area contributed by atoms with Gasteiger partial charge in [0.2, 0.25) is 0 Å². The van der Waals surface area contributed by atoms with Crippen LogP contribution >= 0.6 is 0 Å². The van der Waals surface area contributed by atoms with Gasteiger partial charge in [0.1, 0.15) is 0 Å². The normalized spacial score (nSPS) is 11.6. The molecule has 0 spiro atoms. The summed E-state index contributed by atoms with van der Waals surface area (Å²) in [5.74, 6) is 0. The molecule has 2 rings (SSSR count). The maximum Gasteiger partial charge on any atom is -0.0227 e. The minimum atomic E-state index is 1.03. The fourth-order valence-corrected chi connectivity index (χ4v) is 2.08. The highest BCUT2D eigenvalue weighted by Crippen LogP contribution is 2.18. The van der Waals surface area contributed by atoms with Crippen molar-refractivity contribution in [2.45, 2.75) is 20.3 Å². The molecule has 0 heteroatoms. The van der Waals surface area contributed by atoms with Crippen LogP contribution in [0.4, 0.5) is 0 Å².